The Kier molecular flexibility index (Phi) is 5.22. The van der Waals surface area contributed by atoms with Crippen molar-refractivity contribution >= 4 is 17.2 Å². The molecule has 146 valence electrons. The lowest BCUT2D eigenvalue weighted by Crippen LogP contribution is -2.13. The number of carbonyl (C=O) groups excluding carboxylic acids is 1. The zero-order valence-electron chi connectivity index (χ0n) is 16.3. The van der Waals surface area contributed by atoms with Gasteiger partial charge in [0.1, 0.15) is 10.7 Å². The van der Waals surface area contributed by atoms with E-state index in [2.05, 4.69) is 45.7 Å². The maximum atomic E-state index is 11.9. The summed E-state index contributed by atoms with van der Waals surface area (Å²) in [6.07, 6.45) is 5.83. The zero-order chi connectivity index (χ0) is 20.4. The molecule has 7 heteroatoms. The van der Waals surface area contributed by atoms with Crippen molar-refractivity contribution in [1.82, 2.24) is 19.5 Å². The van der Waals surface area contributed by atoms with Gasteiger partial charge < -0.3 is 10.3 Å². The quantitative estimate of drug-likeness (QED) is 0.527. The lowest BCUT2D eigenvalue weighted by atomic mass is 10.1. The molecule has 3 heterocycles. The minimum absolute atomic E-state index is 0.429. The molecule has 0 aliphatic rings. The van der Waals surface area contributed by atoms with Crippen LogP contribution in [0.25, 0.3) is 22.1 Å². The van der Waals surface area contributed by atoms with Gasteiger partial charge in [0.25, 0.3) is 5.91 Å². The molecule has 1 amide bonds. The molecule has 0 radical (unpaired) electrons. The second kappa shape index (κ2) is 7.97. The van der Waals surface area contributed by atoms with Gasteiger partial charge in [-0.2, -0.15) is 0 Å². The van der Waals surface area contributed by atoms with Crippen LogP contribution in [0.4, 0.5) is 0 Å². The first-order valence-corrected chi connectivity index (χ1v) is 10.2. The number of primary amides is 1. The summed E-state index contributed by atoms with van der Waals surface area (Å²) in [5.74, 6) is -0.429. The third kappa shape index (κ3) is 3.95. The highest BCUT2D eigenvalue weighted by atomic mass is 32.1. The Morgan fingerprint density at radius 3 is 2.62 bits per heavy atom. The Bertz CT molecular complexity index is 1150. The fourth-order valence-electron chi connectivity index (χ4n) is 3.31. The van der Waals surface area contributed by atoms with E-state index in [-0.39, 0.29) is 0 Å². The van der Waals surface area contributed by atoms with Gasteiger partial charge in [-0.3, -0.25) is 14.8 Å². The monoisotopic (exact) mass is 403 g/mol. The summed E-state index contributed by atoms with van der Waals surface area (Å²) < 4.78 is 2.12. The third-order valence-corrected chi connectivity index (χ3v) is 5.79. The van der Waals surface area contributed by atoms with E-state index in [1.54, 1.807) is 18.6 Å². The first-order chi connectivity index (χ1) is 14.0. The average Bonchev–Trinajstić information content (AvgIpc) is 3.33. The molecule has 0 spiro atoms. The highest BCUT2D eigenvalue weighted by Crippen LogP contribution is 2.30. The van der Waals surface area contributed by atoms with Gasteiger partial charge in [-0.05, 0) is 31.9 Å². The summed E-state index contributed by atoms with van der Waals surface area (Å²) >= 11 is 1.50. The van der Waals surface area contributed by atoms with Crippen molar-refractivity contribution in [3.05, 3.63) is 76.7 Å². The maximum Gasteiger partial charge on any atom is 0.250 e. The number of benzene rings is 1. The number of hydrogen-bond donors (Lipinski definition) is 1. The molecule has 4 aromatic rings. The lowest BCUT2D eigenvalue weighted by molar-refractivity contribution is 0.0999. The summed E-state index contributed by atoms with van der Waals surface area (Å²) in [6, 6.07) is 10.3. The minimum atomic E-state index is -0.429. The average molecular weight is 404 g/mol. The SMILES string of the molecule is Cc1ccc(CCn2c(-c3csc(-c4cnccn4)n3)cc(C(N)=O)c2C)cc1. The Labute approximate surface area is 173 Å². The van der Waals surface area contributed by atoms with Crippen LogP contribution in [-0.2, 0) is 13.0 Å². The first-order valence-electron chi connectivity index (χ1n) is 9.30. The molecule has 0 saturated carbocycles. The van der Waals surface area contributed by atoms with Crippen molar-refractivity contribution in [3.63, 3.8) is 0 Å². The van der Waals surface area contributed by atoms with Gasteiger partial charge in [0, 0.05) is 30.0 Å². The highest BCUT2D eigenvalue weighted by molar-refractivity contribution is 7.13. The van der Waals surface area contributed by atoms with E-state index in [4.69, 9.17) is 10.7 Å². The van der Waals surface area contributed by atoms with Gasteiger partial charge in [-0.15, -0.1) is 11.3 Å². The summed E-state index contributed by atoms with van der Waals surface area (Å²) in [6.45, 7) is 4.73. The van der Waals surface area contributed by atoms with Crippen LogP contribution in [0.15, 0.2) is 54.3 Å². The van der Waals surface area contributed by atoms with Gasteiger partial charge in [-0.1, -0.05) is 29.8 Å². The summed E-state index contributed by atoms with van der Waals surface area (Å²) in [4.78, 5) is 25.1. The Hall–Kier alpha value is -3.32. The largest absolute Gasteiger partial charge is 0.366 e. The van der Waals surface area contributed by atoms with E-state index >= 15 is 0 Å². The topological polar surface area (TPSA) is 86.7 Å². The minimum Gasteiger partial charge on any atom is -0.366 e. The van der Waals surface area contributed by atoms with Crippen LogP contribution in [-0.4, -0.2) is 25.4 Å². The van der Waals surface area contributed by atoms with Crippen LogP contribution in [0.5, 0.6) is 0 Å². The Balaban J connectivity index is 1.69. The zero-order valence-corrected chi connectivity index (χ0v) is 17.1. The Morgan fingerprint density at radius 2 is 1.93 bits per heavy atom. The van der Waals surface area contributed by atoms with Crippen LogP contribution in [0, 0.1) is 13.8 Å². The summed E-state index contributed by atoms with van der Waals surface area (Å²) in [5, 5.41) is 2.77. The number of amides is 1. The number of nitrogens with two attached hydrogens (primary N) is 1. The molecule has 4 rings (SSSR count). The molecule has 6 nitrogen and oxygen atoms in total. The van der Waals surface area contributed by atoms with Crippen molar-refractivity contribution in [2.45, 2.75) is 26.8 Å². The second-order valence-electron chi connectivity index (χ2n) is 6.91. The number of thiazole rings is 1. The standard InChI is InChI=1S/C22H21N5OS/c1-14-3-5-16(6-4-14)7-10-27-15(2)17(21(23)28)11-20(27)19-13-29-22(26-19)18-12-24-8-9-25-18/h3-6,8-9,11-13H,7,10H2,1-2H3,(H2,23,28). The number of carbonyl (C=O) groups is 1. The lowest BCUT2D eigenvalue weighted by Gasteiger charge is -2.11. The molecule has 0 unspecified atom stereocenters. The van der Waals surface area contributed by atoms with E-state index in [1.165, 1.54) is 22.5 Å². The van der Waals surface area contributed by atoms with Gasteiger partial charge in [-0.25, -0.2) is 4.98 Å². The van der Waals surface area contributed by atoms with E-state index in [9.17, 15) is 4.79 Å². The molecule has 1 aromatic carbocycles. The van der Waals surface area contributed by atoms with Crippen molar-refractivity contribution in [3.8, 4) is 22.1 Å². The van der Waals surface area contributed by atoms with Crippen LogP contribution < -0.4 is 5.73 Å². The molecule has 0 aliphatic carbocycles. The molecule has 2 N–H and O–H groups in total. The fraction of sp³-hybridized carbons (Fsp3) is 0.182. The molecule has 3 aromatic heterocycles. The number of hydrogen-bond acceptors (Lipinski definition) is 5. The number of rotatable bonds is 6. The van der Waals surface area contributed by atoms with Crippen LogP contribution >= 0.6 is 11.3 Å². The predicted molar refractivity (Wildman–Crippen MR) is 115 cm³/mol. The molecular formula is C22H21N5OS. The third-order valence-electron chi connectivity index (χ3n) is 4.93. The number of aromatic nitrogens is 4. The van der Waals surface area contributed by atoms with Crippen molar-refractivity contribution in [2.75, 3.05) is 0 Å². The van der Waals surface area contributed by atoms with Gasteiger partial charge >= 0.3 is 0 Å². The summed E-state index contributed by atoms with van der Waals surface area (Å²) in [5.41, 5.74) is 11.9. The van der Waals surface area contributed by atoms with Gasteiger partial charge in [0.15, 0.2) is 0 Å². The van der Waals surface area contributed by atoms with Gasteiger partial charge in [0.05, 0.1) is 23.1 Å². The molecule has 0 atom stereocenters. The number of nitrogens with zero attached hydrogens (tertiary/aromatic N) is 4. The van der Waals surface area contributed by atoms with E-state index in [1.807, 2.05) is 18.4 Å². The highest BCUT2D eigenvalue weighted by Gasteiger charge is 2.19. The molecule has 0 aliphatic heterocycles. The van der Waals surface area contributed by atoms with Crippen LogP contribution in [0.3, 0.4) is 0 Å². The van der Waals surface area contributed by atoms with E-state index < -0.39 is 5.91 Å². The van der Waals surface area contributed by atoms with Crippen molar-refractivity contribution in [1.29, 1.82) is 0 Å². The predicted octanol–water partition coefficient (Wildman–Crippen LogP) is 4.03. The molecule has 0 fully saturated rings. The van der Waals surface area contributed by atoms with Crippen LogP contribution in [0.2, 0.25) is 0 Å². The van der Waals surface area contributed by atoms with Crippen molar-refractivity contribution < 1.29 is 4.79 Å². The number of aryl methyl sites for hydroxylation is 2. The van der Waals surface area contributed by atoms with Crippen LogP contribution in [0.1, 0.15) is 27.2 Å². The molecule has 0 bridgehead atoms. The smallest absolute Gasteiger partial charge is 0.250 e. The van der Waals surface area contributed by atoms with E-state index in [0.717, 1.165) is 40.7 Å². The molecule has 29 heavy (non-hydrogen) atoms. The second-order valence-corrected chi connectivity index (χ2v) is 7.77. The fourth-order valence-corrected chi connectivity index (χ4v) is 4.08. The van der Waals surface area contributed by atoms with Crippen molar-refractivity contribution in [2.24, 2.45) is 5.73 Å². The maximum absolute atomic E-state index is 11.9. The van der Waals surface area contributed by atoms with E-state index in [0.29, 0.717) is 5.56 Å². The first kappa shape index (κ1) is 19.0. The molecular weight excluding hydrogens is 382 g/mol. The normalized spacial score (nSPS) is 11.0. The Morgan fingerprint density at radius 1 is 1.14 bits per heavy atom. The summed E-state index contributed by atoms with van der Waals surface area (Å²) in [7, 11) is 0. The van der Waals surface area contributed by atoms with Gasteiger partial charge in [0.2, 0.25) is 0 Å². The molecule has 0 saturated heterocycles.